The first-order chi connectivity index (χ1) is 6.52. The molecular formula is C12H21NO. The molecule has 1 fully saturated rings. The lowest BCUT2D eigenvalue weighted by molar-refractivity contribution is -0.0942. The summed E-state index contributed by atoms with van der Waals surface area (Å²) in [4.78, 5) is 0. The highest BCUT2D eigenvalue weighted by molar-refractivity contribution is 4.99. The normalized spacial score (nSPS) is 31.0. The first-order valence-corrected chi connectivity index (χ1v) is 5.38. The third-order valence-corrected chi connectivity index (χ3v) is 3.45. The zero-order valence-corrected chi connectivity index (χ0v) is 9.27. The number of unbranched alkanes of at least 4 members (excludes halogenated alkanes) is 1. The monoisotopic (exact) mass is 195 g/mol. The van der Waals surface area contributed by atoms with Crippen LogP contribution in [0.1, 0.15) is 39.5 Å². The van der Waals surface area contributed by atoms with Crippen molar-refractivity contribution in [2.45, 2.75) is 45.1 Å². The highest BCUT2D eigenvalue weighted by Gasteiger charge is 2.44. The van der Waals surface area contributed by atoms with E-state index in [1.165, 1.54) is 0 Å². The van der Waals surface area contributed by atoms with Crippen molar-refractivity contribution in [2.75, 3.05) is 13.1 Å². The van der Waals surface area contributed by atoms with Gasteiger partial charge >= 0.3 is 0 Å². The van der Waals surface area contributed by atoms with Gasteiger partial charge in [0.1, 0.15) is 0 Å². The maximum absolute atomic E-state index is 10.5. The highest BCUT2D eigenvalue weighted by atomic mass is 16.3. The third kappa shape index (κ3) is 2.29. The summed E-state index contributed by atoms with van der Waals surface area (Å²) in [6.07, 6.45) is 8.57. The molecule has 0 aromatic rings. The van der Waals surface area contributed by atoms with Crippen LogP contribution in [-0.2, 0) is 0 Å². The molecule has 0 bridgehead atoms. The Bertz CT molecular complexity index is 229. The molecule has 80 valence electrons. The average Bonchev–Trinajstić information content (AvgIpc) is 2.11. The molecular weight excluding hydrogens is 174 g/mol. The van der Waals surface area contributed by atoms with E-state index in [0.717, 1.165) is 38.8 Å². The molecule has 0 saturated carbocycles. The van der Waals surface area contributed by atoms with Crippen LogP contribution in [0, 0.1) is 17.8 Å². The van der Waals surface area contributed by atoms with E-state index in [0.29, 0.717) is 0 Å². The molecule has 0 amide bonds. The van der Waals surface area contributed by atoms with E-state index >= 15 is 0 Å². The predicted molar refractivity (Wildman–Crippen MR) is 58.9 cm³/mol. The van der Waals surface area contributed by atoms with E-state index in [1.54, 1.807) is 0 Å². The van der Waals surface area contributed by atoms with Gasteiger partial charge in [0, 0.05) is 18.4 Å². The summed E-state index contributed by atoms with van der Waals surface area (Å²) in [6, 6.07) is 0. The number of nitrogens with one attached hydrogen (secondary N) is 1. The number of piperidine rings is 1. The molecule has 1 atom stereocenters. The van der Waals surface area contributed by atoms with Crippen molar-refractivity contribution in [3.8, 4) is 12.3 Å². The van der Waals surface area contributed by atoms with Crippen molar-refractivity contribution in [1.29, 1.82) is 0 Å². The molecule has 1 unspecified atom stereocenters. The molecule has 2 heteroatoms. The Balaban J connectivity index is 2.56. The molecule has 1 rings (SSSR count). The Hall–Kier alpha value is -0.520. The fourth-order valence-electron chi connectivity index (χ4n) is 2.15. The van der Waals surface area contributed by atoms with E-state index in [-0.39, 0.29) is 5.41 Å². The summed E-state index contributed by atoms with van der Waals surface area (Å²) >= 11 is 0. The molecule has 1 aliphatic heterocycles. The van der Waals surface area contributed by atoms with Crippen molar-refractivity contribution in [3.05, 3.63) is 0 Å². The van der Waals surface area contributed by atoms with Crippen LogP contribution in [0.5, 0.6) is 0 Å². The number of hydrogen-bond acceptors (Lipinski definition) is 2. The second-order valence-electron chi connectivity index (χ2n) is 4.90. The third-order valence-electron chi connectivity index (χ3n) is 3.45. The minimum Gasteiger partial charge on any atom is -0.389 e. The quantitative estimate of drug-likeness (QED) is 0.529. The summed E-state index contributed by atoms with van der Waals surface area (Å²) in [5, 5.41) is 13.8. The van der Waals surface area contributed by atoms with Crippen LogP contribution < -0.4 is 5.32 Å². The van der Waals surface area contributed by atoms with Crippen LogP contribution in [0.15, 0.2) is 0 Å². The first-order valence-electron chi connectivity index (χ1n) is 5.38. The van der Waals surface area contributed by atoms with Gasteiger partial charge in [-0.05, 0) is 25.8 Å². The predicted octanol–water partition coefficient (Wildman–Crippen LogP) is 1.54. The Morgan fingerprint density at radius 1 is 1.50 bits per heavy atom. The van der Waals surface area contributed by atoms with Crippen LogP contribution in [0.3, 0.4) is 0 Å². The lowest BCUT2D eigenvalue weighted by Gasteiger charge is -2.47. The van der Waals surface area contributed by atoms with Crippen molar-refractivity contribution < 1.29 is 5.11 Å². The minimum absolute atomic E-state index is 0.0418. The molecule has 0 aromatic heterocycles. The molecule has 1 saturated heterocycles. The Morgan fingerprint density at radius 2 is 2.21 bits per heavy atom. The molecule has 1 heterocycles. The van der Waals surface area contributed by atoms with Gasteiger partial charge < -0.3 is 10.4 Å². The molecule has 0 radical (unpaired) electrons. The summed E-state index contributed by atoms with van der Waals surface area (Å²) < 4.78 is 0. The van der Waals surface area contributed by atoms with Crippen LogP contribution in [0.4, 0.5) is 0 Å². The van der Waals surface area contributed by atoms with Crippen LogP contribution in [0.2, 0.25) is 0 Å². The summed E-state index contributed by atoms with van der Waals surface area (Å²) in [7, 11) is 0. The molecule has 0 aliphatic carbocycles. The SMILES string of the molecule is C#CCCCC1(O)CCNCC1(C)C. The number of aliphatic hydroxyl groups is 1. The summed E-state index contributed by atoms with van der Waals surface area (Å²) in [5.41, 5.74) is -0.574. The number of rotatable bonds is 3. The van der Waals surface area contributed by atoms with Gasteiger partial charge in [-0.3, -0.25) is 0 Å². The number of hydrogen-bond donors (Lipinski definition) is 2. The first kappa shape index (κ1) is 11.6. The van der Waals surface area contributed by atoms with Crippen LogP contribution in [-0.4, -0.2) is 23.8 Å². The zero-order valence-electron chi connectivity index (χ0n) is 9.27. The molecule has 0 spiro atoms. The second kappa shape index (κ2) is 4.33. The number of terminal acetylenes is 1. The van der Waals surface area contributed by atoms with E-state index in [4.69, 9.17) is 6.42 Å². The van der Waals surface area contributed by atoms with Crippen LogP contribution >= 0.6 is 0 Å². The Morgan fingerprint density at radius 3 is 2.79 bits per heavy atom. The van der Waals surface area contributed by atoms with Gasteiger partial charge in [0.15, 0.2) is 0 Å². The van der Waals surface area contributed by atoms with Gasteiger partial charge in [0.25, 0.3) is 0 Å². The fourth-order valence-corrected chi connectivity index (χ4v) is 2.15. The lowest BCUT2D eigenvalue weighted by Crippen LogP contribution is -2.55. The van der Waals surface area contributed by atoms with E-state index in [9.17, 15) is 5.11 Å². The summed E-state index contributed by atoms with van der Waals surface area (Å²) in [5.74, 6) is 2.63. The topological polar surface area (TPSA) is 32.3 Å². The molecule has 1 aliphatic rings. The lowest BCUT2D eigenvalue weighted by atomic mass is 9.68. The molecule has 2 N–H and O–H groups in total. The van der Waals surface area contributed by atoms with Crippen molar-refractivity contribution in [1.82, 2.24) is 5.32 Å². The minimum atomic E-state index is -0.533. The van der Waals surface area contributed by atoms with Gasteiger partial charge in [-0.1, -0.05) is 13.8 Å². The van der Waals surface area contributed by atoms with Gasteiger partial charge in [0.05, 0.1) is 5.60 Å². The fraction of sp³-hybridized carbons (Fsp3) is 0.833. The summed E-state index contributed by atoms with van der Waals surface area (Å²) in [6.45, 7) is 6.04. The smallest absolute Gasteiger partial charge is 0.0723 e. The van der Waals surface area contributed by atoms with Crippen molar-refractivity contribution >= 4 is 0 Å². The van der Waals surface area contributed by atoms with E-state index in [1.807, 2.05) is 0 Å². The van der Waals surface area contributed by atoms with Gasteiger partial charge in [-0.15, -0.1) is 12.3 Å². The average molecular weight is 195 g/mol. The zero-order chi connectivity index (χ0) is 10.7. The van der Waals surface area contributed by atoms with Gasteiger partial charge in [-0.25, -0.2) is 0 Å². The van der Waals surface area contributed by atoms with Crippen molar-refractivity contribution in [2.24, 2.45) is 5.41 Å². The van der Waals surface area contributed by atoms with Crippen LogP contribution in [0.25, 0.3) is 0 Å². The van der Waals surface area contributed by atoms with E-state index in [2.05, 4.69) is 25.1 Å². The molecule has 0 aromatic carbocycles. The second-order valence-corrected chi connectivity index (χ2v) is 4.90. The molecule has 14 heavy (non-hydrogen) atoms. The Labute approximate surface area is 87.1 Å². The van der Waals surface area contributed by atoms with Gasteiger partial charge in [-0.2, -0.15) is 0 Å². The van der Waals surface area contributed by atoms with Crippen molar-refractivity contribution in [3.63, 3.8) is 0 Å². The standard InChI is InChI=1S/C12H21NO/c1-4-5-6-7-12(14)8-9-13-10-11(12,2)3/h1,13-14H,5-10H2,2-3H3. The largest absolute Gasteiger partial charge is 0.389 e. The Kier molecular flexibility index (Phi) is 3.58. The van der Waals surface area contributed by atoms with Gasteiger partial charge in [0.2, 0.25) is 0 Å². The maximum atomic E-state index is 10.5. The maximum Gasteiger partial charge on any atom is 0.0723 e. The van der Waals surface area contributed by atoms with E-state index < -0.39 is 5.60 Å². The molecule has 2 nitrogen and oxygen atoms in total. The highest BCUT2D eigenvalue weighted by Crippen LogP contribution is 2.39.